The van der Waals surface area contributed by atoms with E-state index in [1.54, 1.807) is 0 Å². The Morgan fingerprint density at radius 2 is 2.19 bits per heavy atom. The second kappa shape index (κ2) is 4.95. The lowest BCUT2D eigenvalue weighted by atomic mass is 10.3. The van der Waals surface area contributed by atoms with Gasteiger partial charge in [-0.05, 0) is 25.3 Å². The van der Waals surface area contributed by atoms with Gasteiger partial charge in [0.1, 0.15) is 0 Å². The molecule has 2 rings (SSSR count). The van der Waals surface area contributed by atoms with Crippen LogP contribution in [0.2, 0.25) is 0 Å². The summed E-state index contributed by atoms with van der Waals surface area (Å²) in [6.07, 6.45) is 3.14. The summed E-state index contributed by atoms with van der Waals surface area (Å²) in [5, 5.41) is 11.6. The molecule has 4 nitrogen and oxygen atoms in total. The lowest BCUT2D eigenvalue weighted by Gasteiger charge is -2.05. The molecular formula is C12H21N3O. The minimum absolute atomic E-state index is 0.537. The lowest BCUT2D eigenvalue weighted by molar-refractivity contribution is 0.436. The standard InChI is InChI=1S/C12H21N3O/c1-8(2)13-6-4-5-11-14-15-12(16-11)10-7-9(10)3/h8-10,13H,4-7H2,1-3H3. The summed E-state index contributed by atoms with van der Waals surface area (Å²) in [7, 11) is 0. The maximum absolute atomic E-state index is 5.64. The molecule has 2 atom stereocenters. The van der Waals surface area contributed by atoms with Crippen LogP contribution in [-0.2, 0) is 6.42 Å². The van der Waals surface area contributed by atoms with Gasteiger partial charge in [-0.1, -0.05) is 20.8 Å². The van der Waals surface area contributed by atoms with Crippen molar-refractivity contribution < 1.29 is 4.42 Å². The average molecular weight is 223 g/mol. The third-order valence-electron chi connectivity index (χ3n) is 3.03. The Morgan fingerprint density at radius 1 is 1.44 bits per heavy atom. The largest absolute Gasteiger partial charge is 0.425 e. The molecule has 0 aliphatic heterocycles. The molecule has 0 spiro atoms. The van der Waals surface area contributed by atoms with Gasteiger partial charge in [-0.15, -0.1) is 10.2 Å². The smallest absolute Gasteiger partial charge is 0.219 e. The number of hydrogen-bond donors (Lipinski definition) is 1. The van der Waals surface area contributed by atoms with E-state index in [1.807, 2.05) is 0 Å². The number of rotatable bonds is 6. The van der Waals surface area contributed by atoms with E-state index in [4.69, 9.17) is 4.42 Å². The van der Waals surface area contributed by atoms with Gasteiger partial charge in [0.15, 0.2) is 0 Å². The number of aryl methyl sites for hydroxylation is 1. The first-order valence-electron chi connectivity index (χ1n) is 6.22. The third kappa shape index (κ3) is 3.04. The number of nitrogens with one attached hydrogen (secondary N) is 1. The van der Waals surface area contributed by atoms with Gasteiger partial charge >= 0.3 is 0 Å². The summed E-state index contributed by atoms with van der Waals surface area (Å²) >= 11 is 0. The molecule has 4 heteroatoms. The first-order valence-corrected chi connectivity index (χ1v) is 6.22. The van der Waals surface area contributed by atoms with Gasteiger partial charge in [0.05, 0.1) is 0 Å². The SMILES string of the molecule is CC(C)NCCCc1nnc(C2CC2C)o1. The van der Waals surface area contributed by atoms with Crippen LogP contribution < -0.4 is 5.32 Å². The van der Waals surface area contributed by atoms with Gasteiger partial charge in [0.25, 0.3) is 0 Å². The molecule has 1 aromatic heterocycles. The van der Waals surface area contributed by atoms with Crippen LogP contribution in [0.3, 0.4) is 0 Å². The van der Waals surface area contributed by atoms with Gasteiger partial charge in [0.2, 0.25) is 11.8 Å². The molecule has 1 saturated carbocycles. The van der Waals surface area contributed by atoms with Crippen molar-refractivity contribution >= 4 is 0 Å². The first kappa shape index (κ1) is 11.6. The van der Waals surface area contributed by atoms with Crippen LogP contribution in [0.15, 0.2) is 4.42 Å². The molecule has 16 heavy (non-hydrogen) atoms. The summed E-state index contributed by atoms with van der Waals surface area (Å²) in [6, 6.07) is 0.547. The fourth-order valence-electron chi connectivity index (χ4n) is 1.81. The Morgan fingerprint density at radius 3 is 2.81 bits per heavy atom. The molecule has 0 saturated heterocycles. The zero-order valence-electron chi connectivity index (χ0n) is 10.4. The lowest BCUT2D eigenvalue weighted by Crippen LogP contribution is -2.23. The van der Waals surface area contributed by atoms with Crippen molar-refractivity contribution in [2.75, 3.05) is 6.54 Å². The molecule has 1 fully saturated rings. The molecule has 1 aromatic rings. The van der Waals surface area contributed by atoms with Crippen LogP contribution in [0.1, 0.15) is 51.3 Å². The fourth-order valence-corrected chi connectivity index (χ4v) is 1.81. The Labute approximate surface area is 96.8 Å². The predicted molar refractivity (Wildman–Crippen MR) is 62.3 cm³/mol. The van der Waals surface area contributed by atoms with Gasteiger partial charge in [0, 0.05) is 18.4 Å². The molecule has 1 N–H and O–H groups in total. The predicted octanol–water partition coefficient (Wildman–Crippen LogP) is 2.12. The molecular weight excluding hydrogens is 202 g/mol. The average Bonchev–Trinajstić information content (AvgIpc) is 2.79. The van der Waals surface area contributed by atoms with Crippen LogP contribution in [0.25, 0.3) is 0 Å². The second-order valence-corrected chi connectivity index (χ2v) is 5.07. The van der Waals surface area contributed by atoms with E-state index in [9.17, 15) is 0 Å². The molecule has 1 heterocycles. The van der Waals surface area contributed by atoms with Crippen molar-refractivity contribution in [3.8, 4) is 0 Å². The Balaban J connectivity index is 1.71. The van der Waals surface area contributed by atoms with E-state index >= 15 is 0 Å². The van der Waals surface area contributed by atoms with E-state index in [0.29, 0.717) is 12.0 Å². The highest BCUT2D eigenvalue weighted by molar-refractivity contribution is 5.04. The van der Waals surface area contributed by atoms with Crippen molar-refractivity contribution in [2.45, 2.75) is 52.0 Å². The Bertz CT molecular complexity index is 335. The van der Waals surface area contributed by atoms with Crippen LogP contribution in [-0.4, -0.2) is 22.8 Å². The molecule has 1 aliphatic carbocycles. The topological polar surface area (TPSA) is 51.0 Å². The number of nitrogens with zero attached hydrogens (tertiary/aromatic N) is 2. The summed E-state index contributed by atoms with van der Waals surface area (Å²) in [5.74, 6) is 2.91. The molecule has 0 radical (unpaired) electrons. The highest BCUT2D eigenvalue weighted by atomic mass is 16.4. The molecule has 1 aliphatic rings. The van der Waals surface area contributed by atoms with Crippen molar-refractivity contribution in [3.05, 3.63) is 11.8 Å². The van der Waals surface area contributed by atoms with Crippen LogP contribution in [0.4, 0.5) is 0 Å². The maximum Gasteiger partial charge on any atom is 0.219 e. The zero-order chi connectivity index (χ0) is 11.5. The van der Waals surface area contributed by atoms with Gasteiger partial charge < -0.3 is 9.73 Å². The Kier molecular flexibility index (Phi) is 3.59. The van der Waals surface area contributed by atoms with Crippen molar-refractivity contribution in [2.24, 2.45) is 5.92 Å². The van der Waals surface area contributed by atoms with E-state index in [1.165, 1.54) is 6.42 Å². The minimum Gasteiger partial charge on any atom is -0.425 e. The van der Waals surface area contributed by atoms with Crippen LogP contribution >= 0.6 is 0 Å². The highest BCUT2D eigenvalue weighted by Crippen LogP contribution is 2.46. The summed E-state index contributed by atoms with van der Waals surface area (Å²) < 4.78 is 5.64. The summed E-state index contributed by atoms with van der Waals surface area (Å²) in [6.45, 7) is 7.54. The first-order chi connectivity index (χ1) is 7.66. The van der Waals surface area contributed by atoms with E-state index in [-0.39, 0.29) is 0 Å². The molecule has 0 amide bonds. The highest BCUT2D eigenvalue weighted by Gasteiger charge is 2.38. The normalized spacial score (nSPS) is 24.0. The number of aromatic nitrogens is 2. The quantitative estimate of drug-likeness (QED) is 0.751. The minimum atomic E-state index is 0.537. The second-order valence-electron chi connectivity index (χ2n) is 5.07. The van der Waals surface area contributed by atoms with E-state index < -0.39 is 0 Å². The van der Waals surface area contributed by atoms with Gasteiger partial charge in [-0.25, -0.2) is 0 Å². The van der Waals surface area contributed by atoms with Crippen molar-refractivity contribution in [3.63, 3.8) is 0 Å². The number of hydrogen-bond acceptors (Lipinski definition) is 4. The van der Waals surface area contributed by atoms with Crippen LogP contribution in [0, 0.1) is 5.92 Å². The Hall–Kier alpha value is -0.900. The fraction of sp³-hybridized carbons (Fsp3) is 0.833. The zero-order valence-corrected chi connectivity index (χ0v) is 10.4. The maximum atomic E-state index is 5.64. The van der Waals surface area contributed by atoms with E-state index in [2.05, 4.69) is 36.3 Å². The molecule has 0 bridgehead atoms. The van der Waals surface area contributed by atoms with Crippen molar-refractivity contribution in [1.82, 2.24) is 15.5 Å². The molecule has 90 valence electrons. The van der Waals surface area contributed by atoms with Gasteiger partial charge in [-0.2, -0.15) is 0 Å². The van der Waals surface area contributed by atoms with Crippen LogP contribution in [0.5, 0.6) is 0 Å². The monoisotopic (exact) mass is 223 g/mol. The van der Waals surface area contributed by atoms with Crippen molar-refractivity contribution in [1.29, 1.82) is 0 Å². The van der Waals surface area contributed by atoms with Gasteiger partial charge in [-0.3, -0.25) is 0 Å². The van der Waals surface area contributed by atoms with E-state index in [0.717, 1.165) is 37.1 Å². The molecule has 0 aromatic carbocycles. The molecule has 2 unspecified atom stereocenters. The third-order valence-corrected chi connectivity index (χ3v) is 3.03. The summed E-state index contributed by atoms with van der Waals surface area (Å²) in [4.78, 5) is 0. The summed E-state index contributed by atoms with van der Waals surface area (Å²) in [5.41, 5.74) is 0.